The van der Waals surface area contributed by atoms with Crippen LogP contribution in [-0.4, -0.2) is 31.2 Å². The average molecular weight is 367 g/mol. The van der Waals surface area contributed by atoms with Crippen molar-refractivity contribution in [2.75, 3.05) is 0 Å². The maximum atomic E-state index is 11.5. The average Bonchev–Trinajstić information content (AvgIpc) is 2.51. The second-order valence-corrected chi connectivity index (χ2v) is 8.00. The van der Waals surface area contributed by atoms with Crippen LogP contribution in [0.5, 0.6) is 0 Å². The maximum absolute atomic E-state index is 11.5. The van der Waals surface area contributed by atoms with Gasteiger partial charge < -0.3 is 0 Å². The third kappa shape index (κ3) is 3.63. The zero-order valence-corrected chi connectivity index (χ0v) is 13.8. The minimum atomic E-state index is -4.57. The van der Waals surface area contributed by atoms with Crippen molar-refractivity contribution in [1.29, 1.82) is 5.26 Å². The standard InChI is InChI=1S/C15H13NO6S2/c16-11-15(9-4-3-7-14(15)24(20,21)22)10-8-12-5-1-2-6-13(12)23(17,18)19/h1-10,14H,(H,17,18,19)(H,20,21,22). The van der Waals surface area contributed by atoms with E-state index >= 15 is 0 Å². The van der Waals surface area contributed by atoms with Gasteiger partial charge in [0.05, 0.1) is 6.07 Å². The molecule has 1 aliphatic carbocycles. The fourth-order valence-corrected chi connectivity index (χ4v) is 4.03. The van der Waals surface area contributed by atoms with Gasteiger partial charge in [0.2, 0.25) is 0 Å². The van der Waals surface area contributed by atoms with Crippen LogP contribution in [0, 0.1) is 16.7 Å². The maximum Gasteiger partial charge on any atom is 0.295 e. The van der Waals surface area contributed by atoms with Gasteiger partial charge in [0.1, 0.15) is 15.6 Å². The lowest BCUT2D eigenvalue weighted by molar-refractivity contribution is 0.455. The van der Waals surface area contributed by atoms with Crippen LogP contribution in [-0.2, 0) is 20.2 Å². The highest BCUT2D eigenvalue weighted by molar-refractivity contribution is 7.86. The first-order valence-corrected chi connectivity index (χ1v) is 9.54. The lowest BCUT2D eigenvalue weighted by atomic mass is 9.82. The molecule has 0 heterocycles. The molecule has 0 aromatic heterocycles. The summed E-state index contributed by atoms with van der Waals surface area (Å²) in [7, 11) is -9.06. The van der Waals surface area contributed by atoms with Crippen LogP contribution in [0.25, 0.3) is 6.08 Å². The molecule has 2 N–H and O–H groups in total. The fraction of sp³-hybridized carbons (Fsp3) is 0.133. The Balaban J connectivity index is 2.57. The van der Waals surface area contributed by atoms with Crippen molar-refractivity contribution in [2.24, 2.45) is 5.41 Å². The van der Waals surface area contributed by atoms with E-state index in [2.05, 4.69) is 0 Å². The molecule has 2 rings (SSSR count). The number of nitriles is 1. The van der Waals surface area contributed by atoms with Gasteiger partial charge in [-0.2, -0.15) is 22.1 Å². The van der Waals surface area contributed by atoms with Crippen molar-refractivity contribution < 1.29 is 25.9 Å². The van der Waals surface area contributed by atoms with Crippen LogP contribution in [0.4, 0.5) is 0 Å². The van der Waals surface area contributed by atoms with E-state index in [1.807, 2.05) is 6.07 Å². The number of hydrogen-bond donors (Lipinski definition) is 2. The van der Waals surface area contributed by atoms with Crippen molar-refractivity contribution in [2.45, 2.75) is 10.1 Å². The molecule has 0 saturated carbocycles. The molecule has 2 atom stereocenters. The van der Waals surface area contributed by atoms with Gasteiger partial charge in [-0.05, 0) is 11.6 Å². The van der Waals surface area contributed by atoms with Crippen molar-refractivity contribution in [1.82, 2.24) is 0 Å². The van der Waals surface area contributed by atoms with E-state index in [0.29, 0.717) is 0 Å². The van der Waals surface area contributed by atoms with Crippen LogP contribution in [0.3, 0.4) is 0 Å². The van der Waals surface area contributed by atoms with Crippen molar-refractivity contribution in [3.63, 3.8) is 0 Å². The highest BCUT2D eigenvalue weighted by atomic mass is 32.2. The third-order valence-corrected chi connectivity index (χ3v) is 5.61. The van der Waals surface area contributed by atoms with E-state index in [9.17, 15) is 31.2 Å². The Morgan fingerprint density at radius 2 is 1.79 bits per heavy atom. The quantitative estimate of drug-likeness (QED) is 0.776. The zero-order valence-electron chi connectivity index (χ0n) is 12.1. The summed E-state index contributed by atoms with van der Waals surface area (Å²) in [5, 5.41) is 7.92. The van der Waals surface area contributed by atoms with Crippen LogP contribution < -0.4 is 0 Å². The summed E-state index contributed by atoms with van der Waals surface area (Å²) in [5.74, 6) is 0. The Kier molecular flexibility index (Phi) is 4.77. The highest BCUT2D eigenvalue weighted by Crippen LogP contribution is 2.35. The minimum Gasteiger partial charge on any atom is -0.285 e. The van der Waals surface area contributed by atoms with E-state index in [-0.39, 0.29) is 10.5 Å². The molecule has 0 saturated heterocycles. The SMILES string of the molecule is N#CC1(C=Cc2ccccc2S(=O)(=O)O)C=CC=CC1S(=O)(=O)O. The van der Waals surface area contributed by atoms with Crippen molar-refractivity contribution in [3.8, 4) is 6.07 Å². The molecule has 0 aliphatic heterocycles. The van der Waals surface area contributed by atoms with Gasteiger partial charge in [0.25, 0.3) is 20.2 Å². The second kappa shape index (κ2) is 6.33. The predicted molar refractivity (Wildman–Crippen MR) is 87.0 cm³/mol. The molecule has 2 unspecified atom stereocenters. The van der Waals surface area contributed by atoms with Gasteiger partial charge in [-0.3, -0.25) is 9.11 Å². The first-order valence-electron chi connectivity index (χ1n) is 6.59. The van der Waals surface area contributed by atoms with Gasteiger partial charge in [0.15, 0.2) is 0 Å². The summed E-state index contributed by atoms with van der Waals surface area (Å²) in [6, 6.07) is 7.31. The first kappa shape index (κ1) is 18.1. The summed E-state index contributed by atoms with van der Waals surface area (Å²) in [5.41, 5.74) is -1.64. The molecule has 7 nitrogen and oxygen atoms in total. The Morgan fingerprint density at radius 3 is 2.38 bits per heavy atom. The monoisotopic (exact) mass is 367 g/mol. The van der Waals surface area contributed by atoms with Crippen LogP contribution >= 0.6 is 0 Å². The molecule has 126 valence electrons. The molecule has 9 heteroatoms. The molecule has 0 amide bonds. The molecular weight excluding hydrogens is 354 g/mol. The Bertz CT molecular complexity index is 983. The summed E-state index contributed by atoms with van der Waals surface area (Å²) >= 11 is 0. The normalized spacial score (nSPS) is 24.1. The lowest BCUT2D eigenvalue weighted by Crippen LogP contribution is -2.36. The Labute approximate surface area is 139 Å². The van der Waals surface area contributed by atoms with Crippen molar-refractivity contribution in [3.05, 3.63) is 60.2 Å². The summed E-state index contributed by atoms with van der Waals surface area (Å²) in [6.07, 6.45) is 7.68. The molecule has 0 fully saturated rings. The molecule has 0 spiro atoms. The Hall–Kier alpha value is -2.25. The molecule has 0 bridgehead atoms. The van der Waals surface area contributed by atoms with E-state index in [0.717, 1.165) is 6.08 Å². The first-order chi connectivity index (χ1) is 11.1. The molecule has 1 aromatic rings. The number of rotatable bonds is 4. The summed E-state index contributed by atoms with van der Waals surface area (Å²) < 4.78 is 64.4. The molecule has 24 heavy (non-hydrogen) atoms. The van der Waals surface area contributed by atoms with E-state index < -0.39 is 30.9 Å². The molecule has 1 aromatic carbocycles. The predicted octanol–water partition coefficient (Wildman–Crippen LogP) is 1.84. The topological polar surface area (TPSA) is 133 Å². The number of hydrogen-bond acceptors (Lipinski definition) is 5. The fourth-order valence-electron chi connectivity index (χ4n) is 2.35. The van der Waals surface area contributed by atoms with Gasteiger partial charge in [-0.15, -0.1) is 0 Å². The number of nitrogens with zero attached hydrogens (tertiary/aromatic N) is 1. The van der Waals surface area contributed by atoms with Gasteiger partial charge in [-0.25, -0.2) is 0 Å². The molecular formula is C15H13NO6S2. The third-order valence-electron chi connectivity index (χ3n) is 3.49. The smallest absolute Gasteiger partial charge is 0.285 e. The Morgan fingerprint density at radius 1 is 1.12 bits per heavy atom. The van der Waals surface area contributed by atoms with Crippen LogP contribution in [0.15, 0.2) is 59.5 Å². The largest absolute Gasteiger partial charge is 0.295 e. The molecule has 1 aliphatic rings. The minimum absolute atomic E-state index is 0.0756. The van der Waals surface area contributed by atoms with Gasteiger partial charge in [0, 0.05) is 0 Å². The number of benzene rings is 1. The van der Waals surface area contributed by atoms with E-state index in [1.54, 1.807) is 0 Å². The molecule has 0 radical (unpaired) electrons. The summed E-state index contributed by atoms with van der Waals surface area (Å²) in [6.45, 7) is 0. The van der Waals surface area contributed by atoms with Gasteiger partial charge >= 0.3 is 0 Å². The zero-order chi connectivity index (χ0) is 18.0. The van der Waals surface area contributed by atoms with Crippen LogP contribution in [0.2, 0.25) is 0 Å². The lowest BCUT2D eigenvalue weighted by Gasteiger charge is -2.27. The summed E-state index contributed by atoms with van der Waals surface area (Å²) in [4.78, 5) is -0.381. The second-order valence-electron chi connectivity index (χ2n) is 5.07. The highest BCUT2D eigenvalue weighted by Gasteiger charge is 2.42. The van der Waals surface area contributed by atoms with Crippen LogP contribution in [0.1, 0.15) is 5.56 Å². The number of allylic oxidation sites excluding steroid dienone is 4. The van der Waals surface area contributed by atoms with Crippen molar-refractivity contribution >= 4 is 26.3 Å². The van der Waals surface area contributed by atoms with E-state index in [4.69, 9.17) is 0 Å². The van der Waals surface area contributed by atoms with Gasteiger partial charge in [-0.1, -0.05) is 54.7 Å². The van der Waals surface area contributed by atoms with E-state index in [1.165, 1.54) is 54.6 Å².